The van der Waals surface area contributed by atoms with Crippen molar-refractivity contribution < 1.29 is 27.4 Å². The molecule has 0 spiro atoms. The molecule has 0 fully saturated rings. The smallest absolute Gasteiger partial charge is 0.324 e. The number of methoxy groups -OCH3 is 1. The van der Waals surface area contributed by atoms with Gasteiger partial charge < -0.3 is 9.84 Å². The molecule has 0 saturated heterocycles. The van der Waals surface area contributed by atoms with Gasteiger partial charge in [-0.1, -0.05) is 15.9 Å². The largest absolute Gasteiger partial charge is 0.494 e. The van der Waals surface area contributed by atoms with Crippen LogP contribution in [0, 0.1) is 12.7 Å². The van der Waals surface area contributed by atoms with Gasteiger partial charge in [0, 0.05) is 4.47 Å². The Morgan fingerprint density at radius 3 is 2.48 bits per heavy atom. The minimum atomic E-state index is -4.28. The van der Waals surface area contributed by atoms with Crippen LogP contribution in [0.25, 0.3) is 0 Å². The van der Waals surface area contributed by atoms with Gasteiger partial charge in [0.1, 0.15) is 6.54 Å². The number of halogens is 2. The van der Waals surface area contributed by atoms with Crippen LogP contribution in [0.1, 0.15) is 5.56 Å². The van der Waals surface area contributed by atoms with E-state index in [4.69, 9.17) is 9.84 Å². The van der Waals surface area contributed by atoms with E-state index in [0.717, 1.165) is 26.5 Å². The van der Waals surface area contributed by atoms with E-state index in [9.17, 15) is 17.6 Å². The Balaban J connectivity index is 2.57. The summed E-state index contributed by atoms with van der Waals surface area (Å²) in [7, 11) is -3.03. The standard InChI is InChI=1S/C16H15BrFNO5S/c1-10-7-11(3-5-13(10)17)19(9-16(20)21)25(22,23)12-4-6-15(24-2)14(18)8-12/h3-8H,9H2,1-2H3,(H,20,21). The monoisotopic (exact) mass is 431 g/mol. The SMILES string of the molecule is COc1ccc(S(=O)(=O)N(CC(=O)O)c2ccc(Br)c(C)c2)cc1F. The summed E-state index contributed by atoms with van der Waals surface area (Å²) in [6.07, 6.45) is 0. The summed E-state index contributed by atoms with van der Waals surface area (Å²) in [6.45, 7) is 0.948. The molecular weight excluding hydrogens is 417 g/mol. The van der Waals surface area contributed by atoms with E-state index in [1.807, 2.05) is 0 Å². The van der Waals surface area contributed by atoms with E-state index in [-0.39, 0.29) is 16.3 Å². The van der Waals surface area contributed by atoms with Crippen molar-refractivity contribution in [2.75, 3.05) is 18.0 Å². The number of carboxylic acids is 1. The molecule has 0 bridgehead atoms. The summed E-state index contributed by atoms with van der Waals surface area (Å²) in [5.41, 5.74) is 0.892. The Labute approximate surface area is 153 Å². The maximum atomic E-state index is 13.9. The summed E-state index contributed by atoms with van der Waals surface area (Å²) in [5, 5.41) is 9.11. The van der Waals surface area contributed by atoms with Crippen molar-refractivity contribution in [2.45, 2.75) is 11.8 Å². The first-order chi connectivity index (χ1) is 11.7. The number of rotatable bonds is 6. The summed E-state index contributed by atoms with van der Waals surface area (Å²) in [5.74, 6) is -2.30. The number of ether oxygens (including phenoxy) is 1. The van der Waals surface area contributed by atoms with Gasteiger partial charge in [0.25, 0.3) is 10.0 Å². The van der Waals surface area contributed by atoms with Crippen LogP contribution in [-0.4, -0.2) is 33.1 Å². The molecule has 2 aromatic carbocycles. The summed E-state index contributed by atoms with van der Waals surface area (Å²) >= 11 is 3.30. The fourth-order valence-corrected chi connectivity index (χ4v) is 3.82. The number of benzene rings is 2. The van der Waals surface area contributed by atoms with Gasteiger partial charge in [0.15, 0.2) is 11.6 Å². The molecule has 0 aromatic heterocycles. The average Bonchev–Trinajstić information content (AvgIpc) is 2.55. The zero-order valence-corrected chi connectivity index (χ0v) is 15.8. The Bertz CT molecular complexity index is 917. The number of anilines is 1. The van der Waals surface area contributed by atoms with Crippen molar-refractivity contribution in [2.24, 2.45) is 0 Å². The van der Waals surface area contributed by atoms with Crippen molar-refractivity contribution in [3.63, 3.8) is 0 Å². The van der Waals surface area contributed by atoms with Gasteiger partial charge in [0.05, 0.1) is 17.7 Å². The quantitative estimate of drug-likeness (QED) is 0.758. The molecule has 0 amide bonds. The molecule has 2 aromatic rings. The van der Waals surface area contributed by atoms with Gasteiger partial charge in [-0.05, 0) is 48.9 Å². The van der Waals surface area contributed by atoms with E-state index in [1.165, 1.54) is 25.3 Å². The van der Waals surface area contributed by atoms with E-state index < -0.39 is 28.4 Å². The maximum absolute atomic E-state index is 13.9. The number of carboxylic acid groups (broad SMARTS) is 1. The molecule has 0 heterocycles. The molecule has 0 unspecified atom stereocenters. The van der Waals surface area contributed by atoms with Crippen LogP contribution in [0.15, 0.2) is 45.8 Å². The van der Waals surface area contributed by atoms with Crippen LogP contribution in [-0.2, 0) is 14.8 Å². The lowest BCUT2D eigenvalue weighted by Gasteiger charge is -2.23. The highest BCUT2D eigenvalue weighted by Gasteiger charge is 2.28. The lowest BCUT2D eigenvalue weighted by Crippen LogP contribution is -2.35. The molecule has 2 rings (SSSR count). The molecule has 134 valence electrons. The predicted octanol–water partition coefficient (Wildman–Crippen LogP) is 3.19. The zero-order chi connectivity index (χ0) is 18.8. The Morgan fingerprint density at radius 2 is 1.96 bits per heavy atom. The van der Waals surface area contributed by atoms with Crippen LogP contribution in [0.4, 0.5) is 10.1 Å². The first-order valence-corrected chi connectivity index (χ1v) is 9.24. The molecule has 0 radical (unpaired) electrons. The van der Waals surface area contributed by atoms with Crippen molar-refractivity contribution in [3.8, 4) is 5.75 Å². The number of carbonyl (C=O) groups is 1. The normalized spacial score (nSPS) is 11.2. The molecule has 0 aliphatic rings. The number of nitrogens with zero attached hydrogens (tertiary/aromatic N) is 1. The van der Waals surface area contributed by atoms with E-state index in [2.05, 4.69) is 15.9 Å². The molecule has 6 nitrogen and oxygen atoms in total. The molecule has 1 N–H and O–H groups in total. The van der Waals surface area contributed by atoms with Crippen molar-refractivity contribution in [1.82, 2.24) is 0 Å². The third-order valence-electron chi connectivity index (χ3n) is 3.42. The minimum Gasteiger partial charge on any atom is -0.494 e. The van der Waals surface area contributed by atoms with Crippen molar-refractivity contribution in [1.29, 1.82) is 0 Å². The molecule has 0 aliphatic heterocycles. The first kappa shape index (κ1) is 19.2. The van der Waals surface area contributed by atoms with E-state index in [1.54, 1.807) is 13.0 Å². The topological polar surface area (TPSA) is 83.9 Å². The van der Waals surface area contributed by atoms with Gasteiger partial charge in [0.2, 0.25) is 0 Å². The number of aliphatic carboxylic acids is 1. The summed E-state index contributed by atoms with van der Waals surface area (Å²) in [6, 6.07) is 7.76. The Kier molecular flexibility index (Phi) is 5.69. The number of sulfonamides is 1. The fraction of sp³-hybridized carbons (Fsp3) is 0.188. The predicted molar refractivity (Wildman–Crippen MR) is 94.0 cm³/mol. The van der Waals surface area contributed by atoms with Gasteiger partial charge in [-0.15, -0.1) is 0 Å². The van der Waals surface area contributed by atoms with Crippen molar-refractivity contribution in [3.05, 3.63) is 52.3 Å². The third-order valence-corrected chi connectivity index (χ3v) is 6.08. The molecule has 0 atom stereocenters. The molecule has 0 saturated carbocycles. The second kappa shape index (κ2) is 7.40. The van der Waals surface area contributed by atoms with Gasteiger partial charge in [-0.3, -0.25) is 9.10 Å². The van der Waals surface area contributed by atoms with Crippen LogP contribution in [0.5, 0.6) is 5.75 Å². The third kappa shape index (κ3) is 4.10. The van der Waals surface area contributed by atoms with Crippen LogP contribution in [0.2, 0.25) is 0 Å². The number of aryl methyl sites for hydroxylation is 1. The highest BCUT2D eigenvalue weighted by Crippen LogP contribution is 2.29. The van der Waals surface area contributed by atoms with E-state index >= 15 is 0 Å². The summed E-state index contributed by atoms with van der Waals surface area (Å²) < 4.78 is 45.9. The maximum Gasteiger partial charge on any atom is 0.324 e. The van der Waals surface area contributed by atoms with Crippen LogP contribution >= 0.6 is 15.9 Å². The van der Waals surface area contributed by atoms with Gasteiger partial charge in [-0.2, -0.15) is 0 Å². The lowest BCUT2D eigenvalue weighted by atomic mass is 10.2. The average molecular weight is 432 g/mol. The first-order valence-electron chi connectivity index (χ1n) is 7.01. The van der Waals surface area contributed by atoms with Crippen LogP contribution in [0.3, 0.4) is 0 Å². The Morgan fingerprint density at radius 1 is 1.28 bits per heavy atom. The van der Waals surface area contributed by atoms with Crippen LogP contribution < -0.4 is 9.04 Å². The highest BCUT2D eigenvalue weighted by atomic mass is 79.9. The molecule has 0 aliphatic carbocycles. The second-order valence-corrected chi connectivity index (χ2v) is 7.85. The number of hydrogen-bond donors (Lipinski definition) is 1. The highest BCUT2D eigenvalue weighted by molar-refractivity contribution is 9.10. The number of hydrogen-bond acceptors (Lipinski definition) is 4. The van der Waals surface area contributed by atoms with Gasteiger partial charge in [-0.25, -0.2) is 12.8 Å². The second-order valence-electron chi connectivity index (χ2n) is 5.14. The molecule has 9 heteroatoms. The summed E-state index contributed by atoms with van der Waals surface area (Å²) in [4.78, 5) is 10.8. The van der Waals surface area contributed by atoms with Crippen molar-refractivity contribution >= 4 is 37.6 Å². The van der Waals surface area contributed by atoms with Gasteiger partial charge >= 0.3 is 5.97 Å². The lowest BCUT2D eigenvalue weighted by molar-refractivity contribution is -0.135. The minimum absolute atomic E-state index is 0.108. The van der Waals surface area contributed by atoms with E-state index in [0.29, 0.717) is 0 Å². The zero-order valence-electron chi connectivity index (χ0n) is 13.4. The molecular formula is C16H15BrFNO5S. The Hall–Kier alpha value is -2.13. The fourth-order valence-electron chi connectivity index (χ4n) is 2.16. The molecule has 25 heavy (non-hydrogen) atoms.